The summed E-state index contributed by atoms with van der Waals surface area (Å²) in [5, 5.41) is 16.7. The zero-order valence-corrected chi connectivity index (χ0v) is 22.4. The number of nitrogens with one attached hydrogen (secondary N) is 2. The first kappa shape index (κ1) is 24.4. The van der Waals surface area contributed by atoms with Crippen molar-refractivity contribution in [2.24, 2.45) is 7.05 Å². The summed E-state index contributed by atoms with van der Waals surface area (Å²) in [6, 6.07) is 16.3. The number of halogens is 1. The van der Waals surface area contributed by atoms with E-state index in [1.165, 1.54) is 14.5 Å². The zero-order chi connectivity index (χ0) is 26.6. The summed E-state index contributed by atoms with van der Waals surface area (Å²) in [5.74, 6) is 0.196. The standard InChI is InChI=1S/C30H30ClN5O2/c1-18-12-23(20-4-5-27(25(31)14-20)36-11-10-34(3)30(36)38)29(37)24(13-18)21-15-26-22(6-7-33-26)28(16-21)35-9-8-32-19(2)17-35/h4-7,10-16,19,32-33,37H,8-9,17H2,1-3H3/t19-/m1/s1. The number of imidazole rings is 1. The number of fused-ring (bicyclic) bond motifs is 1. The SMILES string of the molecule is Cc1cc(-c2ccc(-n3ccn(C)c3=O)c(Cl)c2)c(O)c(-c2cc(N3CCN[C@H](C)C3)c3cc[nH]c3c2)c1. The van der Waals surface area contributed by atoms with E-state index in [1.807, 2.05) is 37.4 Å². The Bertz CT molecular complexity index is 1730. The molecule has 6 rings (SSSR count). The van der Waals surface area contributed by atoms with Gasteiger partial charge in [0, 0.05) is 79.0 Å². The van der Waals surface area contributed by atoms with Crippen molar-refractivity contribution in [2.75, 3.05) is 24.5 Å². The Kier molecular flexibility index (Phi) is 6.05. The van der Waals surface area contributed by atoms with Gasteiger partial charge in [0.05, 0.1) is 10.7 Å². The molecule has 3 aromatic carbocycles. The highest BCUT2D eigenvalue weighted by molar-refractivity contribution is 6.32. The largest absolute Gasteiger partial charge is 0.507 e. The van der Waals surface area contributed by atoms with Gasteiger partial charge in [0.2, 0.25) is 0 Å². The van der Waals surface area contributed by atoms with Crippen LogP contribution in [0.3, 0.4) is 0 Å². The van der Waals surface area contributed by atoms with Crippen LogP contribution in [0.25, 0.3) is 38.8 Å². The van der Waals surface area contributed by atoms with Gasteiger partial charge in [0.15, 0.2) is 0 Å². The first-order valence-corrected chi connectivity index (χ1v) is 13.2. The van der Waals surface area contributed by atoms with Gasteiger partial charge in [-0.1, -0.05) is 17.7 Å². The number of rotatable bonds is 4. The lowest BCUT2D eigenvalue weighted by Crippen LogP contribution is -2.49. The van der Waals surface area contributed by atoms with Crippen molar-refractivity contribution >= 4 is 28.2 Å². The molecule has 3 N–H and O–H groups in total. The fourth-order valence-electron chi connectivity index (χ4n) is 5.45. The second kappa shape index (κ2) is 9.42. The maximum Gasteiger partial charge on any atom is 0.332 e. The van der Waals surface area contributed by atoms with E-state index in [0.29, 0.717) is 22.3 Å². The number of aryl methyl sites for hydroxylation is 2. The number of aromatic amines is 1. The van der Waals surface area contributed by atoms with E-state index in [4.69, 9.17) is 11.6 Å². The van der Waals surface area contributed by atoms with Gasteiger partial charge in [-0.05, 0) is 73.0 Å². The average molecular weight is 528 g/mol. The van der Waals surface area contributed by atoms with Gasteiger partial charge in [0.1, 0.15) is 5.75 Å². The summed E-state index contributed by atoms with van der Waals surface area (Å²) in [6.07, 6.45) is 5.35. The van der Waals surface area contributed by atoms with Gasteiger partial charge in [-0.2, -0.15) is 0 Å². The van der Waals surface area contributed by atoms with Gasteiger partial charge >= 0.3 is 5.69 Å². The number of aromatic nitrogens is 3. The van der Waals surface area contributed by atoms with Gasteiger partial charge in [-0.15, -0.1) is 0 Å². The molecule has 0 amide bonds. The van der Waals surface area contributed by atoms with Gasteiger partial charge < -0.3 is 24.9 Å². The lowest BCUT2D eigenvalue weighted by molar-refractivity contribution is 0.479. The van der Waals surface area contributed by atoms with E-state index in [9.17, 15) is 9.90 Å². The Morgan fingerprint density at radius 1 is 1.00 bits per heavy atom. The molecule has 0 radical (unpaired) electrons. The van der Waals surface area contributed by atoms with Crippen LogP contribution in [0.4, 0.5) is 5.69 Å². The molecule has 194 valence electrons. The molecule has 0 aliphatic carbocycles. The van der Waals surface area contributed by atoms with E-state index in [-0.39, 0.29) is 11.4 Å². The number of hydrogen-bond donors (Lipinski definition) is 3. The molecule has 7 nitrogen and oxygen atoms in total. The quantitative estimate of drug-likeness (QED) is 0.290. The maximum absolute atomic E-state index is 12.4. The Morgan fingerprint density at radius 2 is 1.79 bits per heavy atom. The smallest absolute Gasteiger partial charge is 0.332 e. The Morgan fingerprint density at radius 3 is 2.50 bits per heavy atom. The highest BCUT2D eigenvalue weighted by Crippen LogP contribution is 2.43. The van der Waals surface area contributed by atoms with Crippen LogP contribution in [0.1, 0.15) is 12.5 Å². The van der Waals surface area contributed by atoms with Crippen molar-refractivity contribution in [2.45, 2.75) is 19.9 Å². The number of hydrogen-bond acceptors (Lipinski definition) is 4. The number of H-pyrrole nitrogens is 1. The second-order valence-corrected chi connectivity index (χ2v) is 10.6. The Labute approximate surface area is 225 Å². The molecule has 0 bridgehead atoms. The number of phenolic OH excluding ortho intramolecular Hbond substituents is 1. The summed E-state index contributed by atoms with van der Waals surface area (Å²) >= 11 is 6.65. The minimum Gasteiger partial charge on any atom is -0.507 e. The first-order valence-electron chi connectivity index (χ1n) is 12.8. The van der Waals surface area contributed by atoms with Crippen molar-refractivity contribution in [3.05, 3.63) is 88.2 Å². The molecule has 38 heavy (non-hydrogen) atoms. The number of piperazine rings is 1. The van der Waals surface area contributed by atoms with Crippen LogP contribution >= 0.6 is 11.6 Å². The number of nitrogens with zero attached hydrogens (tertiary/aromatic N) is 3. The first-order chi connectivity index (χ1) is 18.3. The zero-order valence-electron chi connectivity index (χ0n) is 21.6. The molecule has 1 aliphatic heterocycles. The van der Waals surface area contributed by atoms with Crippen LogP contribution in [0.5, 0.6) is 5.75 Å². The lowest BCUT2D eigenvalue weighted by atomic mass is 9.93. The molecule has 3 heterocycles. The molecule has 0 spiro atoms. The van der Waals surface area contributed by atoms with Crippen molar-refractivity contribution in [3.63, 3.8) is 0 Å². The van der Waals surface area contributed by atoms with Gasteiger partial charge in [-0.25, -0.2) is 4.79 Å². The molecule has 1 atom stereocenters. The van der Waals surface area contributed by atoms with Crippen molar-refractivity contribution < 1.29 is 5.11 Å². The Balaban J connectivity index is 1.46. The minimum atomic E-state index is -0.172. The van der Waals surface area contributed by atoms with Crippen LogP contribution in [0.2, 0.25) is 5.02 Å². The predicted octanol–water partition coefficient (Wildman–Crippen LogP) is 5.46. The van der Waals surface area contributed by atoms with E-state index < -0.39 is 0 Å². The summed E-state index contributed by atoms with van der Waals surface area (Å²) in [4.78, 5) is 18.2. The molecule has 2 aromatic heterocycles. The highest BCUT2D eigenvalue weighted by Gasteiger charge is 2.21. The fourth-order valence-corrected chi connectivity index (χ4v) is 5.72. The molecular formula is C30H30ClN5O2. The van der Waals surface area contributed by atoms with E-state index in [1.54, 1.807) is 25.5 Å². The minimum absolute atomic E-state index is 0.172. The van der Waals surface area contributed by atoms with Crippen molar-refractivity contribution in [1.29, 1.82) is 0 Å². The topological polar surface area (TPSA) is 78.2 Å². The van der Waals surface area contributed by atoms with E-state index in [2.05, 4.69) is 40.3 Å². The Hall–Kier alpha value is -3.94. The molecule has 1 saturated heterocycles. The van der Waals surface area contributed by atoms with Crippen LogP contribution in [0.15, 0.2) is 71.9 Å². The van der Waals surface area contributed by atoms with E-state index >= 15 is 0 Å². The fraction of sp³-hybridized carbons (Fsp3) is 0.233. The average Bonchev–Trinajstić information content (AvgIpc) is 3.51. The molecule has 0 unspecified atom stereocenters. The van der Waals surface area contributed by atoms with Crippen LogP contribution in [0, 0.1) is 6.92 Å². The molecule has 5 aromatic rings. The lowest BCUT2D eigenvalue weighted by Gasteiger charge is -2.34. The van der Waals surface area contributed by atoms with Crippen molar-refractivity contribution in [3.8, 4) is 33.7 Å². The molecular weight excluding hydrogens is 498 g/mol. The number of aromatic hydroxyl groups is 1. The summed E-state index contributed by atoms with van der Waals surface area (Å²) in [6.45, 7) is 7.01. The van der Waals surface area contributed by atoms with Gasteiger partial charge in [-0.3, -0.25) is 4.57 Å². The van der Waals surface area contributed by atoms with Crippen molar-refractivity contribution in [1.82, 2.24) is 19.4 Å². The normalized spacial score (nSPS) is 15.9. The monoisotopic (exact) mass is 527 g/mol. The second-order valence-electron chi connectivity index (χ2n) is 10.2. The molecule has 0 saturated carbocycles. The number of phenols is 1. The van der Waals surface area contributed by atoms with Crippen LogP contribution in [-0.2, 0) is 7.05 Å². The number of anilines is 1. The summed E-state index contributed by atoms with van der Waals surface area (Å²) in [5.41, 5.74) is 6.83. The maximum atomic E-state index is 12.4. The third-order valence-corrected chi connectivity index (χ3v) is 7.69. The van der Waals surface area contributed by atoms with Crippen LogP contribution in [-0.4, -0.2) is 44.9 Å². The molecule has 8 heteroatoms. The third kappa shape index (κ3) is 4.18. The van der Waals surface area contributed by atoms with E-state index in [0.717, 1.165) is 53.1 Å². The number of benzene rings is 3. The highest BCUT2D eigenvalue weighted by atomic mass is 35.5. The van der Waals surface area contributed by atoms with Gasteiger partial charge in [0.25, 0.3) is 0 Å². The summed E-state index contributed by atoms with van der Waals surface area (Å²) in [7, 11) is 1.70. The third-order valence-electron chi connectivity index (χ3n) is 7.39. The molecule has 1 fully saturated rings. The predicted molar refractivity (Wildman–Crippen MR) is 155 cm³/mol. The summed E-state index contributed by atoms with van der Waals surface area (Å²) < 4.78 is 3.01. The molecule has 1 aliphatic rings. The van der Waals surface area contributed by atoms with Crippen LogP contribution < -0.4 is 15.9 Å².